The third-order valence-electron chi connectivity index (χ3n) is 2.01. The number of aliphatic hydroxyl groups is 1. The molecule has 0 saturated carbocycles. The Morgan fingerprint density at radius 1 is 1.54 bits per heavy atom. The Kier molecular flexibility index (Phi) is 4.33. The Morgan fingerprint density at radius 2 is 2.38 bits per heavy atom. The molecule has 1 aromatic heterocycles. The minimum Gasteiger partial charge on any atom is -0.469 e. The molecule has 13 heavy (non-hydrogen) atoms. The van der Waals surface area contributed by atoms with Gasteiger partial charge in [-0.25, -0.2) is 0 Å². The maximum atomic E-state index is 9.49. The van der Waals surface area contributed by atoms with Crippen molar-refractivity contribution in [2.45, 2.75) is 31.8 Å². The molecule has 1 N–H and O–H groups in total. The fourth-order valence-electron chi connectivity index (χ4n) is 1.22. The molecule has 1 atom stereocenters. The minimum atomic E-state index is -0.233. The lowest BCUT2D eigenvalue weighted by molar-refractivity contribution is 0.154. The van der Waals surface area contributed by atoms with Crippen molar-refractivity contribution in [2.75, 3.05) is 0 Å². The highest BCUT2D eigenvalue weighted by molar-refractivity contribution is 4.98. The number of aliphatic hydroxyl groups excluding tert-OH is 1. The van der Waals surface area contributed by atoms with E-state index in [1.165, 1.54) is 0 Å². The van der Waals surface area contributed by atoms with Gasteiger partial charge in [-0.05, 0) is 31.4 Å². The van der Waals surface area contributed by atoms with Crippen LogP contribution in [0.2, 0.25) is 0 Å². The first-order chi connectivity index (χ1) is 6.33. The van der Waals surface area contributed by atoms with Crippen LogP contribution in [0.3, 0.4) is 0 Å². The monoisotopic (exact) mass is 180 g/mol. The fraction of sp³-hybridized carbons (Fsp3) is 0.455. The van der Waals surface area contributed by atoms with Gasteiger partial charge in [0.1, 0.15) is 5.76 Å². The molecular weight excluding hydrogens is 164 g/mol. The average Bonchev–Trinajstić information content (AvgIpc) is 2.64. The summed E-state index contributed by atoms with van der Waals surface area (Å²) in [7, 11) is 0. The van der Waals surface area contributed by atoms with Crippen LogP contribution in [-0.2, 0) is 6.42 Å². The Hall–Kier alpha value is -1.02. The molecule has 0 bridgehead atoms. The van der Waals surface area contributed by atoms with Crippen molar-refractivity contribution in [1.82, 2.24) is 0 Å². The van der Waals surface area contributed by atoms with E-state index in [1.807, 2.05) is 18.2 Å². The molecule has 2 nitrogen and oxygen atoms in total. The van der Waals surface area contributed by atoms with Gasteiger partial charge in [-0.1, -0.05) is 6.08 Å². The molecule has 0 aliphatic carbocycles. The normalized spacial score (nSPS) is 12.7. The number of furan rings is 1. The summed E-state index contributed by atoms with van der Waals surface area (Å²) >= 11 is 0. The van der Waals surface area contributed by atoms with Gasteiger partial charge < -0.3 is 9.52 Å². The van der Waals surface area contributed by atoms with Crippen LogP contribution in [0, 0.1) is 0 Å². The van der Waals surface area contributed by atoms with Gasteiger partial charge in [0.05, 0.1) is 12.4 Å². The van der Waals surface area contributed by atoms with Crippen LogP contribution < -0.4 is 0 Å². The van der Waals surface area contributed by atoms with Crippen LogP contribution in [0.5, 0.6) is 0 Å². The Bertz CT molecular complexity index is 226. The highest BCUT2D eigenvalue weighted by Crippen LogP contribution is 2.09. The molecule has 0 saturated heterocycles. The maximum absolute atomic E-state index is 9.49. The second-order valence-corrected chi connectivity index (χ2v) is 3.14. The van der Waals surface area contributed by atoms with E-state index < -0.39 is 0 Å². The van der Waals surface area contributed by atoms with E-state index in [-0.39, 0.29) is 6.10 Å². The van der Waals surface area contributed by atoms with Gasteiger partial charge in [0, 0.05) is 6.42 Å². The minimum absolute atomic E-state index is 0.233. The number of hydrogen-bond acceptors (Lipinski definition) is 2. The van der Waals surface area contributed by atoms with E-state index >= 15 is 0 Å². The molecule has 0 radical (unpaired) electrons. The number of rotatable bonds is 6. The second kappa shape index (κ2) is 5.60. The number of aryl methyl sites for hydroxylation is 1. The van der Waals surface area contributed by atoms with Crippen molar-refractivity contribution in [3.63, 3.8) is 0 Å². The lowest BCUT2D eigenvalue weighted by Crippen LogP contribution is -2.06. The van der Waals surface area contributed by atoms with Gasteiger partial charge in [-0.15, -0.1) is 6.58 Å². The maximum Gasteiger partial charge on any atom is 0.103 e. The predicted octanol–water partition coefficient (Wildman–Crippen LogP) is 2.54. The first-order valence-corrected chi connectivity index (χ1v) is 4.64. The molecule has 1 heterocycles. The van der Waals surface area contributed by atoms with Gasteiger partial charge in [-0.2, -0.15) is 0 Å². The van der Waals surface area contributed by atoms with Crippen molar-refractivity contribution < 1.29 is 9.52 Å². The van der Waals surface area contributed by atoms with Crippen LogP contribution in [0.25, 0.3) is 0 Å². The van der Waals surface area contributed by atoms with E-state index in [9.17, 15) is 5.11 Å². The van der Waals surface area contributed by atoms with Crippen molar-refractivity contribution in [1.29, 1.82) is 0 Å². The summed E-state index contributed by atoms with van der Waals surface area (Å²) < 4.78 is 5.16. The van der Waals surface area contributed by atoms with Crippen LogP contribution in [0.15, 0.2) is 35.5 Å². The summed E-state index contributed by atoms with van der Waals surface area (Å²) in [5.41, 5.74) is 0. The summed E-state index contributed by atoms with van der Waals surface area (Å²) in [5, 5.41) is 9.49. The smallest absolute Gasteiger partial charge is 0.103 e. The molecule has 1 unspecified atom stereocenters. The van der Waals surface area contributed by atoms with Gasteiger partial charge in [0.2, 0.25) is 0 Å². The van der Waals surface area contributed by atoms with Crippen molar-refractivity contribution >= 4 is 0 Å². The summed E-state index contributed by atoms with van der Waals surface area (Å²) in [6, 6.07) is 3.80. The third-order valence-corrected chi connectivity index (χ3v) is 2.01. The third kappa shape index (κ3) is 3.95. The van der Waals surface area contributed by atoms with E-state index in [1.54, 1.807) is 6.26 Å². The Labute approximate surface area is 78.9 Å². The van der Waals surface area contributed by atoms with Crippen LogP contribution >= 0.6 is 0 Å². The zero-order valence-electron chi connectivity index (χ0n) is 7.78. The van der Waals surface area contributed by atoms with Gasteiger partial charge in [0.15, 0.2) is 0 Å². The molecule has 0 aliphatic rings. The van der Waals surface area contributed by atoms with E-state index in [0.29, 0.717) is 0 Å². The lowest BCUT2D eigenvalue weighted by atomic mass is 10.1. The molecule has 0 aromatic carbocycles. The first-order valence-electron chi connectivity index (χ1n) is 4.64. The van der Waals surface area contributed by atoms with Crippen LogP contribution in [0.1, 0.15) is 25.0 Å². The topological polar surface area (TPSA) is 33.4 Å². The fourth-order valence-corrected chi connectivity index (χ4v) is 1.22. The SMILES string of the molecule is C=CCCC(O)CCc1ccco1. The quantitative estimate of drug-likeness (QED) is 0.682. The highest BCUT2D eigenvalue weighted by Gasteiger charge is 2.04. The van der Waals surface area contributed by atoms with E-state index in [0.717, 1.165) is 31.4 Å². The molecule has 0 aliphatic heterocycles. The van der Waals surface area contributed by atoms with Gasteiger partial charge in [-0.3, -0.25) is 0 Å². The molecule has 72 valence electrons. The molecule has 0 fully saturated rings. The zero-order valence-corrected chi connectivity index (χ0v) is 7.78. The van der Waals surface area contributed by atoms with Crippen LogP contribution in [0.4, 0.5) is 0 Å². The predicted molar refractivity (Wildman–Crippen MR) is 52.5 cm³/mol. The Balaban J connectivity index is 2.15. The van der Waals surface area contributed by atoms with Crippen molar-refractivity contribution in [3.8, 4) is 0 Å². The lowest BCUT2D eigenvalue weighted by Gasteiger charge is -2.06. The van der Waals surface area contributed by atoms with Gasteiger partial charge in [0.25, 0.3) is 0 Å². The molecule has 2 heteroatoms. The number of hydrogen-bond donors (Lipinski definition) is 1. The standard InChI is InChI=1S/C11H16O2/c1-2-3-5-10(12)7-8-11-6-4-9-13-11/h2,4,6,9-10,12H,1,3,5,7-8H2. The number of allylic oxidation sites excluding steroid dienone is 1. The van der Waals surface area contributed by atoms with Gasteiger partial charge >= 0.3 is 0 Å². The highest BCUT2D eigenvalue weighted by atomic mass is 16.3. The summed E-state index contributed by atoms with van der Waals surface area (Å²) in [6.45, 7) is 3.61. The van der Waals surface area contributed by atoms with Crippen molar-refractivity contribution in [3.05, 3.63) is 36.8 Å². The largest absolute Gasteiger partial charge is 0.469 e. The molecule has 1 rings (SSSR count). The van der Waals surface area contributed by atoms with E-state index in [2.05, 4.69) is 6.58 Å². The summed E-state index contributed by atoms with van der Waals surface area (Å²) in [6.07, 6.45) is 6.50. The molecule has 0 spiro atoms. The second-order valence-electron chi connectivity index (χ2n) is 3.14. The molecule has 0 amide bonds. The Morgan fingerprint density at radius 3 is 3.00 bits per heavy atom. The van der Waals surface area contributed by atoms with Crippen molar-refractivity contribution in [2.24, 2.45) is 0 Å². The van der Waals surface area contributed by atoms with Crippen LogP contribution in [-0.4, -0.2) is 11.2 Å². The molecular formula is C11H16O2. The van der Waals surface area contributed by atoms with E-state index in [4.69, 9.17) is 4.42 Å². The average molecular weight is 180 g/mol. The zero-order chi connectivity index (χ0) is 9.52. The summed E-state index contributed by atoms with van der Waals surface area (Å²) in [4.78, 5) is 0. The first kappa shape index (κ1) is 10.1. The summed E-state index contributed by atoms with van der Waals surface area (Å²) in [5.74, 6) is 0.942. The molecule has 1 aromatic rings.